The first kappa shape index (κ1) is 17.2. The van der Waals surface area contributed by atoms with Gasteiger partial charge < -0.3 is 14.4 Å². The standard InChI is InChI=1S/C21H24N2O2/c1-5-24-15(2)25-19-11-13-21-17(14-19)8-12-20(22-21)16-6-9-18(10-7-16)23(3)4/h6-15H,5H2,1-4H3. The fourth-order valence-electron chi connectivity index (χ4n) is 2.73. The second-order valence-corrected chi connectivity index (χ2v) is 6.13. The zero-order valence-corrected chi connectivity index (χ0v) is 15.2. The average Bonchev–Trinajstić information content (AvgIpc) is 2.61. The molecule has 0 aliphatic rings. The quantitative estimate of drug-likeness (QED) is 0.610. The fourth-order valence-corrected chi connectivity index (χ4v) is 2.73. The molecule has 0 amide bonds. The predicted molar refractivity (Wildman–Crippen MR) is 103 cm³/mol. The highest BCUT2D eigenvalue weighted by atomic mass is 16.7. The molecule has 3 rings (SSSR count). The first-order valence-corrected chi connectivity index (χ1v) is 8.53. The van der Waals surface area contributed by atoms with Crippen molar-refractivity contribution < 1.29 is 9.47 Å². The number of hydrogen-bond acceptors (Lipinski definition) is 4. The molecule has 4 heteroatoms. The summed E-state index contributed by atoms with van der Waals surface area (Å²) in [5.41, 5.74) is 4.20. The Labute approximate surface area is 149 Å². The zero-order valence-electron chi connectivity index (χ0n) is 15.2. The Bertz CT molecular complexity index is 844. The van der Waals surface area contributed by atoms with Gasteiger partial charge in [-0.15, -0.1) is 0 Å². The van der Waals surface area contributed by atoms with Gasteiger partial charge in [0.1, 0.15) is 5.75 Å². The maximum atomic E-state index is 5.76. The molecule has 0 aliphatic heterocycles. The van der Waals surface area contributed by atoms with E-state index in [1.807, 2.05) is 52.2 Å². The molecule has 1 aromatic heterocycles. The Morgan fingerprint density at radius 3 is 2.44 bits per heavy atom. The van der Waals surface area contributed by atoms with E-state index in [4.69, 9.17) is 14.5 Å². The van der Waals surface area contributed by atoms with Gasteiger partial charge in [0.15, 0.2) is 6.29 Å². The molecule has 0 fully saturated rings. The van der Waals surface area contributed by atoms with E-state index in [1.165, 1.54) is 5.69 Å². The monoisotopic (exact) mass is 336 g/mol. The van der Waals surface area contributed by atoms with E-state index in [2.05, 4.69) is 35.2 Å². The van der Waals surface area contributed by atoms with Crippen molar-refractivity contribution in [3.8, 4) is 17.0 Å². The lowest BCUT2D eigenvalue weighted by Gasteiger charge is -2.15. The Hall–Kier alpha value is -2.59. The lowest BCUT2D eigenvalue weighted by atomic mass is 10.1. The van der Waals surface area contributed by atoms with Crippen LogP contribution in [0.2, 0.25) is 0 Å². The molecule has 1 atom stereocenters. The molecule has 130 valence electrons. The van der Waals surface area contributed by atoms with Gasteiger partial charge in [-0.3, -0.25) is 0 Å². The van der Waals surface area contributed by atoms with Crippen LogP contribution in [0.25, 0.3) is 22.2 Å². The van der Waals surface area contributed by atoms with E-state index in [0.29, 0.717) is 6.61 Å². The van der Waals surface area contributed by atoms with Crippen LogP contribution in [0.15, 0.2) is 54.6 Å². The maximum absolute atomic E-state index is 5.76. The number of benzene rings is 2. The molecule has 2 aromatic carbocycles. The summed E-state index contributed by atoms with van der Waals surface area (Å²) in [6, 6.07) is 18.5. The van der Waals surface area contributed by atoms with Crippen molar-refractivity contribution in [2.45, 2.75) is 20.1 Å². The summed E-state index contributed by atoms with van der Waals surface area (Å²) >= 11 is 0. The van der Waals surface area contributed by atoms with E-state index in [-0.39, 0.29) is 6.29 Å². The molecule has 0 spiro atoms. The third kappa shape index (κ3) is 4.09. The molecule has 4 nitrogen and oxygen atoms in total. The zero-order chi connectivity index (χ0) is 17.8. The van der Waals surface area contributed by atoms with Crippen LogP contribution in [0, 0.1) is 0 Å². The largest absolute Gasteiger partial charge is 0.465 e. The van der Waals surface area contributed by atoms with E-state index in [9.17, 15) is 0 Å². The number of ether oxygens (including phenoxy) is 2. The molecular formula is C21H24N2O2. The average molecular weight is 336 g/mol. The van der Waals surface area contributed by atoms with Gasteiger partial charge in [-0.25, -0.2) is 4.98 Å². The Morgan fingerprint density at radius 2 is 1.76 bits per heavy atom. The van der Waals surface area contributed by atoms with Crippen molar-refractivity contribution in [2.75, 3.05) is 25.6 Å². The van der Waals surface area contributed by atoms with Crippen molar-refractivity contribution in [2.24, 2.45) is 0 Å². The molecule has 25 heavy (non-hydrogen) atoms. The lowest BCUT2D eigenvalue weighted by molar-refractivity contribution is -0.0612. The SMILES string of the molecule is CCOC(C)Oc1ccc2nc(-c3ccc(N(C)C)cc3)ccc2c1. The van der Waals surface area contributed by atoms with Crippen molar-refractivity contribution in [3.63, 3.8) is 0 Å². The van der Waals surface area contributed by atoms with Crippen LogP contribution in [0.1, 0.15) is 13.8 Å². The highest BCUT2D eigenvalue weighted by Crippen LogP contribution is 2.26. The molecule has 0 saturated carbocycles. The smallest absolute Gasteiger partial charge is 0.196 e. The molecule has 0 bridgehead atoms. The van der Waals surface area contributed by atoms with Gasteiger partial charge in [0.25, 0.3) is 0 Å². The molecule has 1 heterocycles. The topological polar surface area (TPSA) is 34.6 Å². The van der Waals surface area contributed by atoms with E-state index in [0.717, 1.165) is 27.9 Å². The number of hydrogen-bond donors (Lipinski definition) is 0. The second kappa shape index (κ2) is 7.53. The third-order valence-electron chi connectivity index (χ3n) is 4.04. The Balaban J connectivity index is 1.85. The lowest BCUT2D eigenvalue weighted by Crippen LogP contribution is -2.15. The van der Waals surface area contributed by atoms with Crippen LogP contribution >= 0.6 is 0 Å². The second-order valence-electron chi connectivity index (χ2n) is 6.13. The summed E-state index contributed by atoms with van der Waals surface area (Å²) in [7, 11) is 4.07. The molecule has 1 unspecified atom stereocenters. The minimum atomic E-state index is -0.259. The molecular weight excluding hydrogens is 312 g/mol. The van der Waals surface area contributed by atoms with Crippen molar-refractivity contribution in [1.82, 2.24) is 4.98 Å². The van der Waals surface area contributed by atoms with Crippen molar-refractivity contribution in [3.05, 3.63) is 54.6 Å². The highest BCUT2D eigenvalue weighted by Gasteiger charge is 2.06. The number of aromatic nitrogens is 1. The minimum Gasteiger partial charge on any atom is -0.465 e. The number of pyridine rings is 1. The molecule has 0 radical (unpaired) electrons. The van der Waals surface area contributed by atoms with E-state index >= 15 is 0 Å². The van der Waals surface area contributed by atoms with Gasteiger partial charge in [0.2, 0.25) is 0 Å². The van der Waals surface area contributed by atoms with E-state index in [1.54, 1.807) is 0 Å². The summed E-state index contributed by atoms with van der Waals surface area (Å²) in [6.07, 6.45) is -0.259. The number of rotatable bonds is 6. The normalized spacial score (nSPS) is 12.2. The fraction of sp³-hybridized carbons (Fsp3) is 0.286. The summed E-state index contributed by atoms with van der Waals surface area (Å²) in [5.74, 6) is 0.790. The van der Waals surface area contributed by atoms with Gasteiger partial charge in [-0.1, -0.05) is 18.2 Å². The Kier molecular flexibility index (Phi) is 5.19. The predicted octanol–water partition coefficient (Wildman–Crippen LogP) is 4.73. The van der Waals surface area contributed by atoms with E-state index < -0.39 is 0 Å². The summed E-state index contributed by atoms with van der Waals surface area (Å²) in [4.78, 5) is 6.86. The first-order valence-electron chi connectivity index (χ1n) is 8.53. The summed E-state index contributed by atoms with van der Waals surface area (Å²) in [6.45, 7) is 4.48. The Morgan fingerprint density at radius 1 is 1.00 bits per heavy atom. The van der Waals surface area contributed by atoms with Gasteiger partial charge in [-0.2, -0.15) is 0 Å². The molecule has 0 N–H and O–H groups in total. The summed E-state index contributed by atoms with van der Waals surface area (Å²) < 4.78 is 11.2. The van der Waals surface area contributed by atoms with Crippen LogP contribution in [-0.2, 0) is 4.74 Å². The minimum absolute atomic E-state index is 0.259. The van der Waals surface area contributed by atoms with Crippen LogP contribution in [0.3, 0.4) is 0 Å². The molecule has 3 aromatic rings. The van der Waals surface area contributed by atoms with Crippen molar-refractivity contribution >= 4 is 16.6 Å². The van der Waals surface area contributed by atoms with Crippen LogP contribution in [0.5, 0.6) is 5.75 Å². The van der Waals surface area contributed by atoms with Gasteiger partial charge in [0.05, 0.1) is 11.2 Å². The molecule has 0 aliphatic carbocycles. The molecule has 0 saturated heterocycles. The number of fused-ring (bicyclic) bond motifs is 1. The van der Waals surface area contributed by atoms with Crippen LogP contribution in [0.4, 0.5) is 5.69 Å². The summed E-state index contributed by atoms with van der Waals surface area (Å²) in [5, 5.41) is 1.05. The highest BCUT2D eigenvalue weighted by molar-refractivity contribution is 5.83. The number of anilines is 1. The van der Waals surface area contributed by atoms with Crippen LogP contribution < -0.4 is 9.64 Å². The first-order chi connectivity index (χ1) is 12.1. The van der Waals surface area contributed by atoms with Gasteiger partial charge in [0, 0.05) is 37.3 Å². The maximum Gasteiger partial charge on any atom is 0.196 e. The van der Waals surface area contributed by atoms with Crippen LogP contribution in [-0.4, -0.2) is 32.0 Å². The van der Waals surface area contributed by atoms with Gasteiger partial charge >= 0.3 is 0 Å². The number of nitrogens with zero attached hydrogens (tertiary/aromatic N) is 2. The van der Waals surface area contributed by atoms with Gasteiger partial charge in [-0.05, 0) is 50.2 Å². The third-order valence-corrected chi connectivity index (χ3v) is 4.04. The van der Waals surface area contributed by atoms with Crippen molar-refractivity contribution in [1.29, 1.82) is 0 Å².